The molecule has 1 aromatic carbocycles. The van der Waals surface area contributed by atoms with Gasteiger partial charge in [-0.1, -0.05) is 54.2 Å². The standard InChI is InChI=1S/C29H39FN4O5.C5H12/c1-18(2)20(4)31-27(35)17-38-11-10-37-12-13-39-21(5)26(36-6)16-24-19(3)14-25-28(24)33-34-29(25)32-23-9-7-8-22(30)15-23;1-5(2,3)4/h7-9,15-16,18,20H,3,10-14,17H2,1-2,4-6H3,(H,31,35)(H2,32,33,34);1-4H3/b24-16+,26-21-;/t20-;/m0./s1. The van der Waals surface area contributed by atoms with E-state index in [0.29, 0.717) is 67.2 Å². The van der Waals surface area contributed by atoms with Crippen LogP contribution in [0.4, 0.5) is 15.9 Å². The smallest absolute Gasteiger partial charge is 0.246 e. The van der Waals surface area contributed by atoms with Gasteiger partial charge in [-0.15, -0.1) is 0 Å². The van der Waals surface area contributed by atoms with Gasteiger partial charge in [0.05, 0.1) is 32.6 Å². The maximum Gasteiger partial charge on any atom is 0.246 e. The molecule has 44 heavy (non-hydrogen) atoms. The third kappa shape index (κ3) is 12.9. The third-order valence-electron chi connectivity index (χ3n) is 6.38. The highest BCUT2D eigenvalue weighted by Gasteiger charge is 2.27. The third-order valence-corrected chi connectivity index (χ3v) is 6.38. The van der Waals surface area contributed by atoms with Gasteiger partial charge in [0.15, 0.2) is 11.6 Å². The molecule has 1 amide bonds. The molecule has 2 aromatic rings. The average molecular weight is 615 g/mol. The first-order valence-electron chi connectivity index (χ1n) is 15.0. The molecule has 1 heterocycles. The van der Waals surface area contributed by atoms with E-state index in [1.54, 1.807) is 19.2 Å². The van der Waals surface area contributed by atoms with Gasteiger partial charge in [0.25, 0.3) is 0 Å². The van der Waals surface area contributed by atoms with Crippen molar-refractivity contribution in [3.63, 3.8) is 0 Å². The zero-order chi connectivity index (χ0) is 32.9. The molecule has 0 spiro atoms. The number of benzene rings is 1. The fourth-order valence-electron chi connectivity index (χ4n) is 3.83. The molecule has 0 radical (unpaired) electrons. The first-order chi connectivity index (χ1) is 20.7. The number of aromatic nitrogens is 2. The molecule has 0 fully saturated rings. The predicted octanol–water partition coefficient (Wildman–Crippen LogP) is 6.93. The second-order valence-corrected chi connectivity index (χ2v) is 12.6. The Balaban J connectivity index is 0.00000125. The summed E-state index contributed by atoms with van der Waals surface area (Å²) in [6.07, 6.45) is 2.47. The van der Waals surface area contributed by atoms with Crippen molar-refractivity contribution in [2.24, 2.45) is 11.3 Å². The summed E-state index contributed by atoms with van der Waals surface area (Å²) in [4.78, 5) is 11.8. The second-order valence-electron chi connectivity index (χ2n) is 12.6. The Hall–Kier alpha value is -3.63. The molecule has 1 aromatic heterocycles. The predicted molar refractivity (Wildman–Crippen MR) is 174 cm³/mol. The zero-order valence-electron chi connectivity index (χ0n) is 27.9. The molecular formula is C34H51FN4O5. The Morgan fingerprint density at radius 2 is 1.80 bits per heavy atom. The molecule has 0 saturated carbocycles. The number of H-pyrrole nitrogens is 1. The van der Waals surface area contributed by atoms with Crippen LogP contribution >= 0.6 is 0 Å². The molecule has 0 saturated heterocycles. The fourth-order valence-corrected chi connectivity index (χ4v) is 3.83. The van der Waals surface area contributed by atoms with E-state index in [1.165, 1.54) is 12.1 Å². The quantitative estimate of drug-likeness (QED) is 0.148. The fraction of sp³-hybridized carbons (Fsp3) is 0.529. The second kappa shape index (κ2) is 17.6. The highest BCUT2D eigenvalue weighted by Crippen LogP contribution is 2.39. The number of anilines is 2. The molecule has 1 aliphatic rings. The number of nitrogens with zero attached hydrogens (tertiary/aromatic N) is 1. The largest absolute Gasteiger partial charge is 0.493 e. The van der Waals surface area contributed by atoms with Crippen LogP contribution in [0.25, 0.3) is 5.57 Å². The van der Waals surface area contributed by atoms with Crippen LogP contribution in [0.1, 0.15) is 66.6 Å². The maximum atomic E-state index is 13.6. The normalized spacial score (nSPS) is 14.9. The molecule has 0 aliphatic heterocycles. The van der Waals surface area contributed by atoms with E-state index in [0.717, 1.165) is 22.4 Å². The summed E-state index contributed by atoms with van der Waals surface area (Å²) in [5, 5.41) is 13.5. The Morgan fingerprint density at radius 3 is 2.43 bits per heavy atom. The van der Waals surface area contributed by atoms with Crippen molar-refractivity contribution in [2.75, 3.05) is 45.5 Å². The van der Waals surface area contributed by atoms with Gasteiger partial charge in [-0.25, -0.2) is 4.39 Å². The first-order valence-corrected chi connectivity index (χ1v) is 15.0. The van der Waals surface area contributed by atoms with Crippen molar-refractivity contribution in [3.8, 4) is 0 Å². The zero-order valence-corrected chi connectivity index (χ0v) is 27.9. The minimum Gasteiger partial charge on any atom is -0.493 e. The molecule has 1 aliphatic carbocycles. The molecule has 0 unspecified atom stereocenters. The lowest BCUT2D eigenvalue weighted by Gasteiger charge is -2.17. The van der Waals surface area contributed by atoms with Crippen LogP contribution in [0.15, 0.2) is 54.0 Å². The van der Waals surface area contributed by atoms with Gasteiger partial charge in [0.1, 0.15) is 24.8 Å². The van der Waals surface area contributed by atoms with Crippen LogP contribution in [0.5, 0.6) is 0 Å². The number of ether oxygens (including phenoxy) is 4. The van der Waals surface area contributed by atoms with E-state index in [2.05, 4.69) is 69.0 Å². The molecule has 1 atom stereocenters. The highest BCUT2D eigenvalue weighted by molar-refractivity contribution is 5.87. The lowest BCUT2D eigenvalue weighted by Crippen LogP contribution is -2.38. The van der Waals surface area contributed by atoms with Crippen molar-refractivity contribution in [3.05, 3.63) is 71.1 Å². The Labute approximate surface area is 262 Å². The van der Waals surface area contributed by atoms with Crippen molar-refractivity contribution in [1.82, 2.24) is 15.5 Å². The molecule has 0 bridgehead atoms. The number of halogens is 1. The number of aromatic amines is 1. The molecule has 244 valence electrons. The van der Waals surface area contributed by atoms with Crippen LogP contribution < -0.4 is 10.6 Å². The van der Waals surface area contributed by atoms with Gasteiger partial charge in [0.2, 0.25) is 5.91 Å². The van der Waals surface area contributed by atoms with Gasteiger partial charge in [0, 0.05) is 29.3 Å². The minimum absolute atomic E-state index is 0.0103. The summed E-state index contributed by atoms with van der Waals surface area (Å²) >= 11 is 0. The monoisotopic (exact) mass is 614 g/mol. The first kappa shape index (κ1) is 36.6. The Morgan fingerprint density at radius 1 is 1.14 bits per heavy atom. The number of allylic oxidation sites excluding steroid dienone is 4. The number of rotatable bonds is 15. The van der Waals surface area contributed by atoms with Crippen LogP contribution in [0, 0.1) is 17.2 Å². The van der Waals surface area contributed by atoms with Crippen molar-refractivity contribution in [1.29, 1.82) is 0 Å². The lowest BCUT2D eigenvalue weighted by atomic mass is 10.0. The van der Waals surface area contributed by atoms with E-state index < -0.39 is 0 Å². The Kier molecular flexibility index (Phi) is 14.6. The van der Waals surface area contributed by atoms with E-state index in [9.17, 15) is 9.18 Å². The van der Waals surface area contributed by atoms with E-state index in [1.807, 2.05) is 19.9 Å². The highest BCUT2D eigenvalue weighted by atomic mass is 19.1. The molecule has 3 rings (SSSR count). The lowest BCUT2D eigenvalue weighted by molar-refractivity contribution is -0.127. The van der Waals surface area contributed by atoms with E-state index in [4.69, 9.17) is 18.9 Å². The number of carbonyl (C=O) groups is 1. The van der Waals surface area contributed by atoms with Crippen molar-refractivity contribution in [2.45, 2.75) is 67.9 Å². The number of fused-ring (bicyclic) bond motifs is 1. The topological polar surface area (TPSA) is 107 Å². The molecule has 9 nitrogen and oxygen atoms in total. The number of hydrogen-bond acceptors (Lipinski definition) is 7. The van der Waals surface area contributed by atoms with Gasteiger partial charge in [-0.2, -0.15) is 5.10 Å². The Bertz CT molecular complexity index is 1290. The van der Waals surface area contributed by atoms with E-state index >= 15 is 0 Å². The van der Waals surface area contributed by atoms with Gasteiger partial charge in [-0.05, 0) is 55.0 Å². The van der Waals surface area contributed by atoms with E-state index in [-0.39, 0.29) is 24.4 Å². The number of hydrogen-bond donors (Lipinski definition) is 3. The van der Waals surface area contributed by atoms with Crippen molar-refractivity contribution < 1.29 is 28.1 Å². The molecule has 3 N–H and O–H groups in total. The summed E-state index contributed by atoms with van der Waals surface area (Å²) < 4.78 is 35.8. The number of amides is 1. The summed E-state index contributed by atoms with van der Waals surface area (Å²) in [7, 11) is 1.58. The molecule has 10 heteroatoms. The number of methoxy groups -OCH3 is 1. The summed E-state index contributed by atoms with van der Waals surface area (Å²) in [6, 6.07) is 6.33. The summed E-state index contributed by atoms with van der Waals surface area (Å²) in [6.45, 7) is 22.2. The van der Waals surface area contributed by atoms with Gasteiger partial charge >= 0.3 is 0 Å². The SMILES string of the molecule is C=C1Cc2c(Nc3cccc(F)c3)n[nH]c2/C1=C/C(OC)=C(\C)OCCOCCOCC(=O)N[C@@H](C)C(C)C.CC(C)(C)C. The van der Waals surface area contributed by atoms with Gasteiger partial charge < -0.3 is 29.6 Å². The summed E-state index contributed by atoms with van der Waals surface area (Å²) in [5.41, 5.74) is 4.66. The molecular weight excluding hydrogens is 563 g/mol. The minimum atomic E-state index is -0.322. The van der Waals surface area contributed by atoms with Crippen molar-refractivity contribution >= 4 is 23.0 Å². The van der Waals surface area contributed by atoms with Crippen LogP contribution in [-0.2, 0) is 30.2 Å². The van der Waals surface area contributed by atoms with Gasteiger partial charge in [-0.3, -0.25) is 9.89 Å². The average Bonchev–Trinajstić information content (AvgIpc) is 3.45. The summed E-state index contributed by atoms with van der Waals surface area (Å²) in [5.74, 6) is 1.69. The van der Waals surface area contributed by atoms with Crippen LogP contribution in [0.2, 0.25) is 0 Å². The van der Waals surface area contributed by atoms with Crippen LogP contribution in [-0.4, -0.2) is 62.3 Å². The number of carbonyl (C=O) groups excluding carboxylic acids is 1. The number of nitrogens with one attached hydrogen (secondary N) is 3. The van der Waals surface area contributed by atoms with Crippen LogP contribution in [0.3, 0.4) is 0 Å². The maximum absolute atomic E-state index is 13.6.